The molecule has 0 bridgehead atoms. The Kier molecular flexibility index (Phi) is 3.11. The fourth-order valence-corrected chi connectivity index (χ4v) is 1.46. The van der Waals surface area contributed by atoms with Crippen molar-refractivity contribution >= 4 is 23.6 Å². The summed E-state index contributed by atoms with van der Waals surface area (Å²) in [4.78, 5) is 23.6. The van der Waals surface area contributed by atoms with Crippen molar-refractivity contribution in [1.29, 1.82) is 0 Å². The van der Waals surface area contributed by atoms with Gasteiger partial charge in [0.15, 0.2) is 0 Å². The average Bonchev–Trinajstić information content (AvgIpc) is 2.03. The fraction of sp³-hybridized carbons (Fsp3) is 0.714. The van der Waals surface area contributed by atoms with Crippen LogP contribution in [-0.4, -0.2) is 41.6 Å². The largest absolute Gasteiger partial charge is 0.362 e. The Balaban J connectivity index is 2.69. The van der Waals surface area contributed by atoms with Crippen molar-refractivity contribution in [2.75, 3.05) is 19.5 Å². The Morgan fingerprint density at radius 3 is 2.33 bits per heavy atom. The zero-order valence-electron chi connectivity index (χ0n) is 7.07. The van der Waals surface area contributed by atoms with Crippen molar-refractivity contribution in [3.63, 3.8) is 0 Å². The van der Waals surface area contributed by atoms with E-state index in [9.17, 15) is 9.59 Å². The molecule has 1 aliphatic rings. The van der Waals surface area contributed by atoms with Crippen molar-refractivity contribution in [3.05, 3.63) is 0 Å². The molecule has 0 aromatic heterocycles. The molecule has 1 fully saturated rings. The van der Waals surface area contributed by atoms with Gasteiger partial charge in [0.25, 0.3) is 11.8 Å². The number of rotatable bonds is 2. The molecule has 4 nitrogen and oxygen atoms in total. The number of thioether (sulfide) groups is 1. The lowest BCUT2D eigenvalue weighted by atomic mass is 10.4. The van der Waals surface area contributed by atoms with Gasteiger partial charge in [-0.1, -0.05) is 0 Å². The second-order valence-corrected chi connectivity index (χ2v) is 3.64. The molecule has 1 aliphatic heterocycles. The van der Waals surface area contributed by atoms with Crippen LogP contribution in [0, 0.1) is 0 Å². The molecule has 68 valence electrons. The van der Waals surface area contributed by atoms with E-state index in [2.05, 4.69) is 0 Å². The number of hydrogen-bond donors (Lipinski definition) is 0. The maximum atomic E-state index is 11.2. The van der Waals surface area contributed by atoms with Gasteiger partial charge in [-0.2, -0.15) is 0 Å². The smallest absolute Gasteiger partial charge is 0.256 e. The van der Waals surface area contributed by atoms with E-state index in [0.717, 1.165) is 0 Å². The van der Waals surface area contributed by atoms with Crippen LogP contribution in [0.3, 0.4) is 0 Å². The summed E-state index contributed by atoms with van der Waals surface area (Å²) in [5, 5.41) is -0.0890. The average molecular weight is 189 g/mol. The SMILES string of the molecule is CSC(C)N1C(=O)COCC1=O. The number of hydrogen-bond acceptors (Lipinski definition) is 4. The quantitative estimate of drug-likeness (QED) is 0.577. The van der Waals surface area contributed by atoms with Gasteiger partial charge in [-0.15, -0.1) is 11.8 Å². The molecule has 0 aromatic rings. The summed E-state index contributed by atoms with van der Waals surface area (Å²) in [7, 11) is 0. The zero-order valence-corrected chi connectivity index (χ0v) is 7.89. The highest BCUT2D eigenvalue weighted by atomic mass is 32.2. The second kappa shape index (κ2) is 3.91. The topological polar surface area (TPSA) is 46.6 Å². The summed E-state index contributed by atoms with van der Waals surface area (Å²) in [5.74, 6) is -0.485. The van der Waals surface area contributed by atoms with E-state index in [0.29, 0.717) is 0 Å². The summed E-state index contributed by atoms with van der Waals surface area (Å²) in [6.07, 6.45) is 1.86. The molecule has 1 unspecified atom stereocenters. The van der Waals surface area contributed by atoms with Crippen molar-refractivity contribution in [3.8, 4) is 0 Å². The molecule has 2 amide bonds. The van der Waals surface area contributed by atoms with Crippen molar-refractivity contribution in [2.45, 2.75) is 12.3 Å². The van der Waals surface area contributed by atoms with Crippen LogP contribution in [0.2, 0.25) is 0 Å². The first-order valence-electron chi connectivity index (χ1n) is 3.62. The van der Waals surface area contributed by atoms with E-state index in [-0.39, 0.29) is 30.4 Å². The van der Waals surface area contributed by atoms with Gasteiger partial charge in [-0.05, 0) is 13.2 Å². The van der Waals surface area contributed by atoms with Crippen molar-refractivity contribution in [2.24, 2.45) is 0 Å². The molecule has 1 heterocycles. The van der Waals surface area contributed by atoms with E-state index in [4.69, 9.17) is 4.74 Å². The fourth-order valence-electron chi connectivity index (χ4n) is 1.01. The molecular formula is C7H11NO3S. The number of imide groups is 1. The van der Waals surface area contributed by atoms with Crippen LogP contribution < -0.4 is 0 Å². The summed E-state index contributed by atoms with van der Waals surface area (Å²) >= 11 is 1.47. The molecule has 0 spiro atoms. The van der Waals surface area contributed by atoms with Gasteiger partial charge in [-0.3, -0.25) is 14.5 Å². The summed E-state index contributed by atoms with van der Waals surface area (Å²) in [5.41, 5.74) is 0. The maximum Gasteiger partial charge on any atom is 0.256 e. The minimum absolute atomic E-state index is 0.0244. The van der Waals surface area contributed by atoms with Crippen LogP contribution in [0.25, 0.3) is 0 Å². The van der Waals surface area contributed by atoms with Gasteiger partial charge in [0.2, 0.25) is 0 Å². The molecule has 0 radical (unpaired) electrons. The lowest BCUT2D eigenvalue weighted by molar-refractivity contribution is -0.158. The van der Waals surface area contributed by atoms with Crippen LogP contribution in [0.1, 0.15) is 6.92 Å². The monoisotopic (exact) mass is 189 g/mol. The Morgan fingerprint density at radius 1 is 1.42 bits per heavy atom. The predicted molar refractivity (Wildman–Crippen MR) is 45.6 cm³/mol. The normalized spacial score (nSPS) is 21.3. The molecule has 0 aromatic carbocycles. The minimum Gasteiger partial charge on any atom is -0.362 e. The number of carbonyl (C=O) groups is 2. The van der Waals surface area contributed by atoms with E-state index in [1.54, 1.807) is 0 Å². The molecule has 1 saturated heterocycles. The van der Waals surface area contributed by atoms with Crippen LogP contribution in [0.5, 0.6) is 0 Å². The Morgan fingerprint density at radius 2 is 1.92 bits per heavy atom. The van der Waals surface area contributed by atoms with Crippen LogP contribution in [-0.2, 0) is 14.3 Å². The predicted octanol–water partition coefficient (Wildman–Crippen LogP) is 0.0808. The number of nitrogens with zero attached hydrogens (tertiary/aromatic N) is 1. The van der Waals surface area contributed by atoms with Crippen molar-refractivity contribution < 1.29 is 14.3 Å². The van der Waals surface area contributed by atoms with Crippen molar-refractivity contribution in [1.82, 2.24) is 4.90 Å². The summed E-state index contributed by atoms with van der Waals surface area (Å²) in [6.45, 7) is 1.87. The van der Waals surface area contributed by atoms with Crippen LogP contribution in [0.15, 0.2) is 0 Å². The van der Waals surface area contributed by atoms with Gasteiger partial charge in [0.05, 0.1) is 5.37 Å². The minimum atomic E-state index is -0.242. The van der Waals surface area contributed by atoms with Gasteiger partial charge in [0.1, 0.15) is 13.2 Å². The highest BCUT2D eigenvalue weighted by molar-refractivity contribution is 7.99. The van der Waals surface area contributed by atoms with Gasteiger partial charge in [-0.25, -0.2) is 0 Å². The van der Waals surface area contributed by atoms with Gasteiger partial charge < -0.3 is 4.74 Å². The van der Waals surface area contributed by atoms with E-state index in [1.165, 1.54) is 16.7 Å². The molecule has 12 heavy (non-hydrogen) atoms. The Hall–Kier alpha value is -0.550. The Labute approximate surface area is 75.2 Å². The lowest BCUT2D eigenvalue weighted by Crippen LogP contribution is -2.49. The standard InChI is InChI=1S/C7H11NO3S/c1-5(12-2)8-6(9)3-11-4-7(8)10/h5H,3-4H2,1-2H3. The van der Waals surface area contributed by atoms with E-state index >= 15 is 0 Å². The van der Waals surface area contributed by atoms with E-state index in [1.807, 2.05) is 13.2 Å². The lowest BCUT2D eigenvalue weighted by Gasteiger charge is -2.29. The maximum absolute atomic E-state index is 11.2. The summed E-state index contributed by atoms with van der Waals surface area (Å²) in [6, 6.07) is 0. The third kappa shape index (κ3) is 1.78. The molecular weight excluding hydrogens is 178 g/mol. The highest BCUT2D eigenvalue weighted by Crippen LogP contribution is 2.14. The van der Waals surface area contributed by atoms with Crippen LogP contribution in [0.4, 0.5) is 0 Å². The number of carbonyl (C=O) groups excluding carboxylic acids is 2. The molecule has 5 heteroatoms. The molecule has 0 saturated carbocycles. The number of amides is 2. The Bertz CT molecular complexity index is 191. The van der Waals surface area contributed by atoms with Gasteiger partial charge >= 0.3 is 0 Å². The number of morpholine rings is 1. The zero-order chi connectivity index (χ0) is 9.14. The highest BCUT2D eigenvalue weighted by Gasteiger charge is 2.30. The molecule has 0 aliphatic carbocycles. The first-order chi connectivity index (χ1) is 5.66. The first-order valence-corrected chi connectivity index (χ1v) is 4.91. The second-order valence-electron chi connectivity index (χ2n) is 2.49. The molecule has 1 atom stereocenters. The third-order valence-corrected chi connectivity index (χ3v) is 2.59. The van der Waals surface area contributed by atoms with E-state index < -0.39 is 0 Å². The third-order valence-electron chi connectivity index (χ3n) is 1.69. The molecule has 0 N–H and O–H groups in total. The first kappa shape index (κ1) is 9.54. The van der Waals surface area contributed by atoms with Gasteiger partial charge in [0, 0.05) is 0 Å². The summed E-state index contributed by atoms with van der Waals surface area (Å²) < 4.78 is 4.77. The van der Waals surface area contributed by atoms with Crippen LogP contribution >= 0.6 is 11.8 Å². The molecule has 1 rings (SSSR count). The number of ether oxygens (including phenoxy) is 1.